The fourth-order valence-electron chi connectivity index (χ4n) is 1.98. The molecule has 3 rings (SSSR count). The molecule has 1 nitrogen and oxygen atoms in total. The number of aromatic nitrogens is 1. The standard InChI is InChI=1S/C17H12ClN/c18-16-7-3-1-5-14(16)10-9-13-11-15-6-2-4-8-17(15)19-12-13/h1-12H/b10-9+. The molecule has 1 heterocycles. The highest BCUT2D eigenvalue weighted by molar-refractivity contribution is 6.32. The van der Waals surface area contributed by atoms with Gasteiger partial charge in [-0.3, -0.25) is 4.98 Å². The second kappa shape index (κ2) is 5.25. The normalized spacial score (nSPS) is 11.2. The van der Waals surface area contributed by atoms with E-state index in [0.717, 1.165) is 27.1 Å². The van der Waals surface area contributed by atoms with Crippen molar-refractivity contribution in [2.45, 2.75) is 0 Å². The lowest BCUT2D eigenvalue weighted by Crippen LogP contribution is -1.80. The topological polar surface area (TPSA) is 12.9 Å². The van der Waals surface area contributed by atoms with Crippen LogP contribution < -0.4 is 0 Å². The highest BCUT2D eigenvalue weighted by Crippen LogP contribution is 2.19. The minimum Gasteiger partial charge on any atom is -0.256 e. The van der Waals surface area contributed by atoms with Crippen LogP contribution in [-0.2, 0) is 0 Å². The number of benzene rings is 2. The van der Waals surface area contributed by atoms with Crippen molar-refractivity contribution < 1.29 is 0 Å². The summed E-state index contributed by atoms with van der Waals surface area (Å²) in [4.78, 5) is 4.43. The Hall–Kier alpha value is -2.12. The predicted octanol–water partition coefficient (Wildman–Crippen LogP) is 5.06. The van der Waals surface area contributed by atoms with Crippen LogP contribution in [0.15, 0.2) is 60.8 Å². The van der Waals surface area contributed by atoms with E-state index in [4.69, 9.17) is 11.6 Å². The van der Waals surface area contributed by atoms with Crippen molar-refractivity contribution in [3.8, 4) is 0 Å². The lowest BCUT2D eigenvalue weighted by Gasteiger charge is -1.99. The van der Waals surface area contributed by atoms with E-state index in [-0.39, 0.29) is 0 Å². The molecule has 0 aliphatic rings. The Bertz CT molecular complexity index is 747. The van der Waals surface area contributed by atoms with Gasteiger partial charge in [-0.25, -0.2) is 0 Å². The number of rotatable bonds is 2. The smallest absolute Gasteiger partial charge is 0.0702 e. The summed E-state index contributed by atoms with van der Waals surface area (Å²) in [5.74, 6) is 0. The number of para-hydroxylation sites is 1. The molecule has 0 atom stereocenters. The molecular weight excluding hydrogens is 254 g/mol. The van der Waals surface area contributed by atoms with Crippen LogP contribution in [-0.4, -0.2) is 4.98 Å². The Labute approximate surface area is 117 Å². The molecule has 0 fully saturated rings. The Morgan fingerprint density at radius 2 is 1.68 bits per heavy atom. The van der Waals surface area contributed by atoms with E-state index in [0.29, 0.717) is 0 Å². The van der Waals surface area contributed by atoms with Gasteiger partial charge in [0.05, 0.1) is 5.52 Å². The number of nitrogens with zero attached hydrogens (tertiary/aromatic N) is 1. The van der Waals surface area contributed by atoms with Gasteiger partial charge >= 0.3 is 0 Å². The van der Waals surface area contributed by atoms with Gasteiger partial charge in [0.25, 0.3) is 0 Å². The highest BCUT2D eigenvalue weighted by Gasteiger charge is 1.96. The van der Waals surface area contributed by atoms with Gasteiger partial charge in [-0.2, -0.15) is 0 Å². The van der Waals surface area contributed by atoms with Crippen molar-refractivity contribution in [1.82, 2.24) is 4.98 Å². The molecule has 0 bridgehead atoms. The molecule has 0 amide bonds. The summed E-state index contributed by atoms with van der Waals surface area (Å²) >= 11 is 6.12. The third-order valence-corrected chi connectivity index (χ3v) is 3.32. The zero-order valence-electron chi connectivity index (χ0n) is 10.3. The molecule has 1 aromatic heterocycles. The second-order valence-electron chi connectivity index (χ2n) is 4.32. The van der Waals surface area contributed by atoms with Gasteiger partial charge in [0.1, 0.15) is 0 Å². The third kappa shape index (κ3) is 2.67. The summed E-state index contributed by atoms with van der Waals surface area (Å²) < 4.78 is 0. The van der Waals surface area contributed by atoms with Gasteiger partial charge in [-0.1, -0.05) is 60.2 Å². The molecule has 0 spiro atoms. The Morgan fingerprint density at radius 3 is 2.58 bits per heavy atom. The van der Waals surface area contributed by atoms with E-state index in [2.05, 4.69) is 17.1 Å². The fourth-order valence-corrected chi connectivity index (χ4v) is 2.17. The second-order valence-corrected chi connectivity index (χ2v) is 4.72. The molecule has 0 saturated heterocycles. The summed E-state index contributed by atoms with van der Waals surface area (Å²) in [5.41, 5.74) is 3.09. The largest absolute Gasteiger partial charge is 0.256 e. The summed E-state index contributed by atoms with van der Waals surface area (Å²) in [6.07, 6.45) is 5.91. The first-order chi connectivity index (χ1) is 9.33. The molecule has 92 valence electrons. The van der Waals surface area contributed by atoms with Crippen LogP contribution in [0.25, 0.3) is 23.1 Å². The van der Waals surface area contributed by atoms with Crippen LogP contribution in [0.1, 0.15) is 11.1 Å². The van der Waals surface area contributed by atoms with Crippen molar-refractivity contribution in [1.29, 1.82) is 0 Å². The summed E-state index contributed by atoms with van der Waals surface area (Å²) in [7, 11) is 0. The maximum absolute atomic E-state index is 6.12. The molecule has 3 aromatic rings. The van der Waals surface area contributed by atoms with Crippen LogP contribution in [0.5, 0.6) is 0 Å². The quantitative estimate of drug-likeness (QED) is 0.631. The van der Waals surface area contributed by atoms with Gasteiger partial charge in [-0.05, 0) is 29.3 Å². The van der Waals surface area contributed by atoms with E-state index < -0.39 is 0 Å². The number of pyridine rings is 1. The van der Waals surface area contributed by atoms with Crippen LogP contribution in [0.4, 0.5) is 0 Å². The van der Waals surface area contributed by atoms with Crippen LogP contribution in [0, 0.1) is 0 Å². The highest BCUT2D eigenvalue weighted by atomic mass is 35.5. The van der Waals surface area contributed by atoms with Crippen LogP contribution >= 0.6 is 11.6 Å². The van der Waals surface area contributed by atoms with Crippen LogP contribution in [0.3, 0.4) is 0 Å². The SMILES string of the molecule is Clc1ccccc1/C=C/c1cnc2ccccc2c1. The number of fused-ring (bicyclic) bond motifs is 1. The van der Waals surface area contributed by atoms with Crippen LogP contribution in [0.2, 0.25) is 5.02 Å². The zero-order chi connectivity index (χ0) is 13.1. The predicted molar refractivity (Wildman–Crippen MR) is 82.1 cm³/mol. The van der Waals surface area contributed by atoms with Gasteiger partial charge in [0.2, 0.25) is 0 Å². The third-order valence-electron chi connectivity index (χ3n) is 2.97. The maximum atomic E-state index is 6.12. The first kappa shape index (κ1) is 11.9. The van der Waals surface area contributed by atoms with E-state index in [1.54, 1.807) is 0 Å². The van der Waals surface area contributed by atoms with Gasteiger partial charge in [-0.15, -0.1) is 0 Å². The number of halogens is 1. The zero-order valence-corrected chi connectivity index (χ0v) is 11.0. The summed E-state index contributed by atoms with van der Waals surface area (Å²) in [6, 6.07) is 18.0. The Balaban J connectivity index is 1.95. The molecule has 0 radical (unpaired) electrons. The minimum atomic E-state index is 0.757. The molecule has 0 unspecified atom stereocenters. The van der Waals surface area contributed by atoms with Crippen molar-refractivity contribution in [3.63, 3.8) is 0 Å². The van der Waals surface area contributed by atoms with Crippen molar-refractivity contribution in [2.75, 3.05) is 0 Å². The Morgan fingerprint density at radius 1 is 0.895 bits per heavy atom. The van der Waals surface area contributed by atoms with Gasteiger partial charge in [0, 0.05) is 16.6 Å². The maximum Gasteiger partial charge on any atom is 0.0702 e. The van der Waals surface area contributed by atoms with Gasteiger partial charge in [0.15, 0.2) is 0 Å². The molecule has 0 aliphatic carbocycles. The van der Waals surface area contributed by atoms with Crippen molar-refractivity contribution >= 4 is 34.7 Å². The van der Waals surface area contributed by atoms with E-state index >= 15 is 0 Å². The molecule has 0 saturated carbocycles. The average molecular weight is 266 g/mol. The molecule has 0 aliphatic heterocycles. The van der Waals surface area contributed by atoms with Crippen molar-refractivity contribution in [2.24, 2.45) is 0 Å². The first-order valence-electron chi connectivity index (χ1n) is 6.10. The first-order valence-corrected chi connectivity index (χ1v) is 6.48. The number of hydrogen-bond donors (Lipinski definition) is 0. The molecule has 2 heteroatoms. The summed E-state index contributed by atoms with van der Waals surface area (Å²) in [5, 5.41) is 1.90. The van der Waals surface area contributed by atoms with E-state index in [1.807, 2.05) is 60.8 Å². The lowest BCUT2D eigenvalue weighted by atomic mass is 10.1. The molecular formula is C17H12ClN. The average Bonchev–Trinajstić information content (AvgIpc) is 2.46. The Kier molecular flexibility index (Phi) is 3.30. The minimum absolute atomic E-state index is 0.757. The monoisotopic (exact) mass is 265 g/mol. The molecule has 19 heavy (non-hydrogen) atoms. The van der Waals surface area contributed by atoms with Crippen molar-refractivity contribution in [3.05, 3.63) is 76.9 Å². The molecule has 0 N–H and O–H groups in total. The van der Waals surface area contributed by atoms with E-state index in [9.17, 15) is 0 Å². The van der Waals surface area contributed by atoms with Gasteiger partial charge < -0.3 is 0 Å². The fraction of sp³-hybridized carbons (Fsp3) is 0. The summed E-state index contributed by atoms with van der Waals surface area (Å²) in [6.45, 7) is 0. The molecule has 2 aromatic carbocycles. The lowest BCUT2D eigenvalue weighted by molar-refractivity contribution is 1.40. The number of hydrogen-bond acceptors (Lipinski definition) is 1. The van der Waals surface area contributed by atoms with E-state index in [1.165, 1.54) is 0 Å².